The minimum absolute atomic E-state index is 0.0344. The van der Waals surface area contributed by atoms with Crippen molar-refractivity contribution in [2.75, 3.05) is 33.1 Å². The molecule has 0 aliphatic rings. The van der Waals surface area contributed by atoms with E-state index in [9.17, 15) is 4.79 Å². The second kappa shape index (κ2) is 9.25. The van der Waals surface area contributed by atoms with Crippen molar-refractivity contribution in [1.82, 2.24) is 10.2 Å². The maximum absolute atomic E-state index is 12.3. The minimum atomic E-state index is -0.0519. The standard InChI is InChI=1S/C19H27N3O3/c1-14(20-13-16(22(2)3)18-10-7-11-25-18)12-19(23)21-15-8-5-6-9-17(15)24-4/h5-11,14,16,20H,12-13H2,1-4H3,(H,21,23)/t14-,16-/m0/s1. The van der Waals surface area contributed by atoms with E-state index in [1.165, 1.54) is 0 Å². The van der Waals surface area contributed by atoms with Gasteiger partial charge in [0.1, 0.15) is 11.5 Å². The van der Waals surface area contributed by atoms with Crippen LogP contribution in [0.15, 0.2) is 47.1 Å². The first-order chi connectivity index (χ1) is 12.0. The Morgan fingerprint density at radius 2 is 2.00 bits per heavy atom. The molecule has 0 fully saturated rings. The molecule has 25 heavy (non-hydrogen) atoms. The summed E-state index contributed by atoms with van der Waals surface area (Å²) in [5.74, 6) is 1.51. The van der Waals surface area contributed by atoms with E-state index in [4.69, 9.17) is 9.15 Å². The minimum Gasteiger partial charge on any atom is -0.495 e. The van der Waals surface area contributed by atoms with Crippen LogP contribution in [0.5, 0.6) is 5.75 Å². The van der Waals surface area contributed by atoms with Gasteiger partial charge in [0.05, 0.1) is 25.1 Å². The molecule has 2 N–H and O–H groups in total. The molecule has 6 heteroatoms. The van der Waals surface area contributed by atoms with Gasteiger partial charge in [-0.3, -0.25) is 9.69 Å². The van der Waals surface area contributed by atoms with E-state index in [1.807, 2.05) is 57.4 Å². The monoisotopic (exact) mass is 345 g/mol. The highest BCUT2D eigenvalue weighted by Gasteiger charge is 2.18. The molecule has 136 valence electrons. The summed E-state index contributed by atoms with van der Waals surface area (Å²) < 4.78 is 10.8. The zero-order valence-electron chi connectivity index (χ0n) is 15.3. The highest BCUT2D eigenvalue weighted by molar-refractivity contribution is 5.92. The lowest BCUT2D eigenvalue weighted by molar-refractivity contribution is -0.116. The normalized spacial score (nSPS) is 13.5. The molecule has 0 unspecified atom stereocenters. The van der Waals surface area contributed by atoms with Gasteiger partial charge in [-0.15, -0.1) is 0 Å². The Kier molecular flexibility index (Phi) is 7.03. The largest absolute Gasteiger partial charge is 0.495 e. The van der Waals surface area contributed by atoms with Gasteiger partial charge in [-0.1, -0.05) is 12.1 Å². The second-order valence-electron chi connectivity index (χ2n) is 6.26. The predicted octanol–water partition coefficient (Wildman–Crippen LogP) is 2.90. The number of hydrogen-bond acceptors (Lipinski definition) is 5. The zero-order chi connectivity index (χ0) is 18.2. The number of nitrogens with one attached hydrogen (secondary N) is 2. The van der Waals surface area contributed by atoms with Gasteiger partial charge in [-0.25, -0.2) is 0 Å². The Bertz CT molecular complexity index is 656. The first-order valence-electron chi connectivity index (χ1n) is 8.37. The summed E-state index contributed by atoms with van der Waals surface area (Å²) in [6.07, 6.45) is 2.05. The van der Waals surface area contributed by atoms with Crippen molar-refractivity contribution < 1.29 is 13.9 Å². The van der Waals surface area contributed by atoms with Crippen LogP contribution in [-0.2, 0) is 4.79 Å². The van der Waals surface area contributed by atoms with Crippen LogP contribution < -0.4 is 15.4 Å². The fourth-order valence-electron chi connectivity index (χ4n) is 2.63. The molecule has 2 aromatic rings. The lowest BCUT2D eigenvalue weighted by Crippen LogP contribution is -2.37. The summed E-state index contributed by atoms with van der Waals surface area (Å²) in [7, 11) is 5.60. The van der Waals surface area contributed by atoms with E-state index in [0.717, 1.165) is 5.76 Å². The summed E-state index contributed by atoms with van der Waals surface area (Å²) in [6, 6.07) is 11.4. The van der Waals surface area contributed by atoms with Crippen LogP contribution in [0.2, 0.25) is 0 Å². The quantitative estimate of drug-likeness (QED) is 0.731. The number of anilines is 1. The summed E-state index contributed by atoms with van der Waals surface area (Å²) in [5.41, 5.74) is 0.684. The van der Waals surface area contributed by atoms with Gasteiger partial charge in [-0.05, 0) is 45.3 Å². The van der Waals surface area contributed by atoms with E-state index >= 15 is 0 Å². The number of likely N-dealkylation sites (N-methyl/N-ethyl adjacent to an activating group) is 1. The fourth-order valence-corrected chi connectivity index (χ4v) is 2.63. The molecule has 6 nitrogen and oxygen atoms in total. The number of carbonyl (C=O) groups excluding carboxylic acids is 1. The van der Waals surface area contributed by atoms with Crippen LogP contribution in [0, 0.1) is 0 Å². The number of amides is 1. The van der Waals surface area contributed by atoms with E-state index in [-0.39, 0.29) is 18.0 Å². The maximum atomic E-state index is 12.3. The number of methoxy groups -OCH3 is 1. The Balaban J connectivity index is 1.84. The number of furan rings is 1. The molecule has 0 saturated carbocycles. The van der Waals surface area contributed by atoms with Gasteiger partial charge in [0, 0.05) is 19.0 Å². The van der Waals surface area contributed by atoms with Gasteiger partial charge in [0.2, 0.25) is 5.91 Å². The van der Waals surface area contributed by atoms with Crippen LogP contribution in [-0.4, -0.2) is 44.6 Å². The first-order valence-corrected chi connectivity index (χ1v) is 8.37. The third-order valence-corrected chi connectivity index (χ3v) is 4.03. The maximum Gasteiger partial charge on any atom is 0.226 e. The van der Waals surface area contributed by atoms with E-state index in [1.54, 1.807) is 13.4 Å². The van der Waals surface area contributed by atoms with Crippen LogP contribution in [0.25, 0.3) is 0 Å². The molecule has 0 bridgehead atoms. The van der Waals surface area contributed by atoms with Crippen molar-refractivity contribution in [2.45, 2.75) is 25.4 Å². The summed E-state index contributed by atoms with van der Waals surface area (Å²) in [5, 5.41) is 6.30. The molecule has 0 saturated heterocycles. The van der Waals surface area contributed by atoms with Crippen molar-refractivity contribution in [3.63, 3.8) is 0 Å². The van der Waals surface area contributed by atoms with Crippen molar-refractivity contribution in [3.05, 3.63) is 48.4 Å². The SMILES string of the molecule is COc1ccccc1NC(=O)C[C@H](C)NC[C@@H](c1ccco1)N(C)C. The van der Waals surface area contributed by atoms with Crippen LogP contribution in [0.3, 0.4) is 0 Å². The number of nitrogens with zero attached hydrogens (tertiary/aromatic N) is 1. The van der Waals surface area contributed by atoms with E-state index < -0.39 is 0 Å². The predicted molar refractivity (Wildman–Crippen MR) is 98.8 cm³/mol. The number of para-hydroxylation sites is 2. The molecule has 1 heterocycles. The molecule has 0 aliphatic heterocycles. The number of carbonyl (C=O) groups is 1. The summed E-state index contributed by atoms with van der Waals surface area (Å²) >= 11 is 0. The Hall–Kier alpha value is -2.31. The van der Waals surface area contributed by atoms with Crippen molar-refractivity contribution >= 4 is 11.6 Å². The molecule has 1 aromatic heterocycles. The first kappa shape index (κ1) is 19.0. The summed E-state index contributed by atoms with van der Waals surface area (Å²) in [6.45, 7) is 2.69. The van der Waals surface area contributed by atoms with Gasteiger partial charge < -0.3 is 19.8 Å². The molecule has 0 aliphatic carbocycles. The zero-order valence-corrected chi connectivity index (χ0v) is 15.3. The topological polar surface area (TPSA) is 66.7 Å². The third kappa shape index (κ3) is 5.62. The fraction of sp³-hybridized carbons (Fsp3) is 0.421. The lowest BCUT2D eigenvalue weighted by Gasteiger charge is -2.24. The summed E-state index contributed by atoms with van der Waals surface area (Å²) in [4.78, 5) is 14.4. The Morgan fingerprint density at radius 1 is 1.24 bits per heavy atom. The third-order valence-electron chi connectivity index (χ3n) is 4.03. The molecular weight excluding hydrogens is 318 g/mol. The molecule has 2 atom stereocenters. The number of benzene rings is 1. The Morgan fingerprint density at radius 3 is 2.64 bits per heavy atom. The number of rotatable bonds is 9. The van der Waals surface area contributed by atoms with Gasteiger partial charge in [-0.2, -0.15) is 0 Å². The van der Waals surface area contributed by atoms with E-state index in [2.05, 4.69) is 15.5 Å². The smallest absolute Gasteiger partial charge is 0.226 e. The number of hydrogen-bond donors (Lipinski definition) is 2. The van der Waals surface area contributed by atoms with Gasteiger partial charge in [0.15, 0.2) is 0 Å². The average Bonchev–Trinajstić information content (AvgIpc) is 3.09. The average molecular weight is 345 g/mol. The van der Waals surface area contributed by atoms with Crippen LogP contribution >= 0.6 is 0 Å². The molecular formula is C19H27N3O3. The lowest BCUT2D eigenvalue weighted by atomic mass is 10.1. The Labute approximate surface area is 149 Å². The van der Waals surface area contributed by atoms with Crippen molar-refractivity contribution in [3.8, 4) is 5.75 Å². The van der Waals surface area contributed by atoms with Crippen molar-refractivity contribution in [2.24, 2.45) is 0 Å². The van der Waals surface area contributed by atoms with Crippen LogP contribution in [0.1, 0.15) is 25.1 Å². The number of ether oxygens (including phenoxy) is 1. The molecule has 0 spiro atoms. The molecule has 1 aromatic carbocycles. The molecule has 2 rings (SSSR count). The van der Waals surface area contributed by atoms with E-state index in [0.29, 0.717) is 24.4 Å². The highest BCUT2D eigenvalue weighted by atomic mass is 16.5. The van der Waals surface area contributed by atoms with Crippen molar-refractivity contribution in [1.29, 1.82) is 0 Å². The molecule has 1 amide bonds. The highest BCUT2D eigenvalue weighted by Crippen LogP contribution is 2.23. The van der Waals surface area contributed by atoms with Gasteiger partial charge in [0.25, 0.3) is 0 Å². The molecule has 0 radical (unpaired) electrons. The second-order valence-corrected chi connectivity index (χ2v) is 6.26. The van der Waals surface area contributed by atoms with Gasteiger partial charge >= 0.3 is 0 Å². The van der Waals surface area contributed by atoms with Crippen LogP contribution in [0.4, 0.5) is 5.69 Å².